The number of hydrogen-bond donors (Lipinski definition) is 1. The molecule has 2 rings (SSSR count). The molecule has 0 bridgehead atoms. The Balaban J connectivity index is 1.99. The number of anilines is 1. The number of carbonyl (C=O) groups excluding carboxylic acids is 2. The number of nitrogens with one attached hydrogen (secondary N) is 1. The van der Waals surface area contributed by atoms with E-state index in [0.717, 1.165) is 18.2 Å². The number of halogens is 2. The van der Waals surface area contributed by atoms with E-state index in [0.29, 0.717) is 30.3 Å². The van der Waals surface area contributed by atoms with Crippen LogP contribution in [0.15, 0.2) is 42.5 Å². The summed E-state index contributed by atoms with van der Waals surface area (Å²) in [6.45, 7) is 5.93. The zero-order valence-electron chi connectivity index (χ0n) is 16.9. The van der Waals surface area contributed by atoms with Crippen LogP contribution in [0.2, 0.25) is 0 Å². The maximum absolute atomic E-state index is 13.6. The molecule has 2 aromatic rings. The van der Waals surface area contributed by atoms with Crippen molar-refractivity contribution in [2.24, 2.45) is 0 Å². The zero-order valence-corrected chi connectivity index (χ0v) is 16.9. The first kappa shape index (κ1) is 22.9. The van der Waals surface area contributed by atoms with Gasteiger partial charge in [-0.1, -0.05) is 12.1 Å². The molecule has 0 spiro atoms. The van der Waals surface area contributed by atoms with Crippen LogP contribution in [-0.2, 0) is 14.3 Å². The van der Waals surface area contributed by atoms with Gasteiger partial charge in [-0.25, -0.2) is 13.6 Å². The first-order valence-corrected chi connectivity index (χ1v) is 9.38. The van der Waals surface area contributed by atoms with Gasteiger partial charge in [0.2, 0.25) is 0 Å². The number of benzene rings is 2. The van der Waals surface area contributed by atoms with E-state index in [4.69, 9.17) is 14.2 Å². The van der Waals surface area contributed by atoms with Gasteiger partial charge in [-0.05, 0) is 56.7 Å². The van der Waals surface area contributed by atoms with E-state index < -0.39 is 35.3 Å². The van der Waals surface area contributed by atoms with Crippen molar-refractivity contribution in [3.8, 4) is 11.5 Å². The molecule has 0 saturated carbocycles. The minimum absolute atomic E-state index is 0.449. The van der Waals surface area contributed by atoms with Gasteiger partial charge in [0.15, 0.2) is 17.6 Å². The lowest BCUT2D eigenvalue weighted by atomic mass is 10.2. The van der Waals surface area contributed by atoms with Gasteiger partial charge in [0.25, 0.3) is 5.91 Å². The molecule has 0 saturated heterocycles. The van der Waals surface area contributed by atoms with Gasteiger partial charge < -0.3 is 19.5 Å². The van der Waals surface area contributed by atoms with Crippen LogP contribution in [0.1, 0.15) is 26.3 Å². The topological polar surface area (TPSA) is 73.9 Å². The van der Waals surface area contributed by atoms with Crippen molar-refractivity contribution < 1.29 is 32.6 Å². The fourth-order valence-corrected chi connectivity index (χ4v) is 2.44. The molecule has 0 aliphatic carbocycles. The first-order chi connectivity index (χ1) is 14.3. The standard InChI is InChI=1S/C22H23F2NO5/c1-4-28-18-11-9-15(13-19(18)29-5-2)10-12-20(26)30-14(3)22(27)25-21-16(23)7-6-8-17(21)24/h6-14H,4-5H2,1-3H3,(H,25,27)/b12-10+/t14-/m0/s1. The molecule has 0 fully saturated rings. The molecule has 0 aromatic heterocycles. The van der Waals surface area contributed by atoms with E-state index in [9.17, 15) is 18.4 Å². The van der Waals surface area contributed by atoms with Gasteiger partial charge in [0.05, 0.1) is 13.2 Å². The van der Waals surface area contributed by atoms with Crippen LogP contribution in [0.5, 0.6) is 11.5 Å². The summed E-state index contributed by atoms with van der Waals surface area (Å²) in [4.78, 5) is 24.1. The Labute approximate surface area is 173 Å². The average Bonchev–Trinajstić information content (AvgIpc) is 2.71. The molecule has 0 radical (unpaired) electrons. The quantitative estimate of drug-likeness (QED) is 0.483. The first-order valence-electron chi connectivity index (χ1n) is 9.38. The minimum atomic E-state index is -1.26. The summed E-state index contributed by atoms with van der Waals surface area (Å²) >= 11 is 0. The highest BCUT2D eigenvalue weighted by molar-refractivity contribution is 5.96. The fraction of sp³-hybridized carbons (Fsp3) is 0.273. The van der Waals surface area contributed by atoms with Crippen LogP contribution in [0, 0.1) is 11.6 Å². The molecule has 1 N–H and O–H groups in total. The van der Waals surface area contributed by atoms with Gasteiger partial charge in [-0.2, -0.15) is 0 Å². The third-order valence-electron chi connectivity index (χ3n) is 3.85. The van der Waals surface area contributed by atoms with Crippen LogP contribution in [-0.4, -0.2) is 31.2 Å². The highest BCUT2D eigenvalue weighted by atomic mass is 19.1. The third kappa shape index (κ3) is 6.30. The fourth-order valence-electron chi connectivity index (χ4n) is 2.44. The van der Waals surface area contributed by atoms with Gasteiger partial charge in [0, 0.05) is 6.08 Å². The van der Waals surface area contributed by atoms with Crippen molar-refractivity contribution >= 4 is 23.6 Å². The smallest absolute Gasteiger partial charge is 0.331 e. The van der Waals surface area contributed by atoms with Crippen molar-refractivity contribution in [2.75, 3.05) is 18.5 Å². The highest BCUT2D eigenvalue weighted by Gasteiger charge is 2.20. The van der Waals surface area contributed by atoms with E-state index in [1.54, 1.807) is 18.2 Å². The van der Waals surface area contributed by atoms with Crippen molar-refractivity contribution in [1.82, 2.24) is 0 Å². The van der Waals surface area contributed by atoms with Crippen LogP contribution < -0.4 is 14.8 Å². The molecular formula is C22H23F2NO5. The second kappa shape index (κ2) is 10.9. The summed E-state index contributed by atoms with van der Waals surface area (Å²) in [5.41, 5.74) is 0.0585. The number of carbonyl (C=O) groups is 2. The number of ether oxygens (including phenoxy) is 3. The molecule has 0 heterocycles. The van der Waals surface area contributed by atoms with Gasteiger partial charge in [-0.3, -0.25) is 4.79 Å². The molecule has 0 aliphatic heterocycles. The van der Waals surface area contributed by atoms with Crippen LogP contribution in [0.25, 0.3) is 6.08 Å². The summed E-state index contributed by atoms with van der Waals surface area (Å²) in [5.74, 6) is -2.39. The number of hydrogen-bond acceptors (Lipinski definition) is 5. The normalized spacial score (nSPS) is 11.8. The lowest BCUT2D eigenvalue weighted by molar-refractivity contribution is -0.148. The van der Waals surface area contributed by atoms with Crippen LogP contribution >= 0.6 is 0 Å². The summed E-state index contributed by atoms with van der Waals surface area (Å²) in [7, 11) is 0. The van der Waals surface area contributed by atoms with Gasteiger partial charge in [0.1, 0.15) is 17.3 Å². The lowest BCUT2D eigenvalue weighted by Gasteiger charge is -2.13. The van der Waals surface area contributed by atoms with Gasteiger partial charge >= 0.3 is 5.97 Å². The van der Waals surface area contributed by atoms with E-state index in [1.165, 1.54) is 19.1 Å². The van der Waals surface area contributed by atoms with Crippen LogP contribution in [0.4, 0.5) is 14.5 Å². The molecule has 160 valence electrons. The molecule has 8 heteroatoms. The zero-order chi connectivity index (χ0) is 22.1. The molecule has 30 heavy (non-hydrogen) atoms. The number of para-hydroxylation sites is 1. The SMILES string of the molecule is CCOc1ccc(/C=C/C(=O)O[C@@H](C)C(=O)Nc2c(F)cccc2F)cc1OCC. The molecule has 1 atom stereocenters. The van der Waals surface area contributed by atoms with Crippen molar-refractivity contribution in [1.29, 1.82) is 0 Å². The van der Waals surface area contributed by atoms with Crippen molar-refractivity contribution in [3.05, 3.63) is 59.7 Å². The number of rotatable bonds is 9. The largest absolute Gasteiger partial charge is 0.490 e. The molecule has 6 nitrogen and oxygen atoms in total. The molecule has 0 unspecified atom stereocenters. The Kier molecular flexibility index (Phi) is 8.34. The Morgan fingerprint density at radius 3 is 2.30 bits per heavy atom. The Bertz CT molecular complexity index is 909. The molecular weight excluding hydrogens is 396 g/mol. The summed E-state index contributed by atoms with van der Waals surface area (Å²) in [6, 6.07) is 8.34. The van der Waals surface area contributed by atoms with E-state index in [-0.39, 0.29) is 0 Å². The molecule has 1 amide bonds. The second-order valence-electron chi connectivity index (χ2n) is 6.07. The van der Waals surface area contributed by atoms with E-state index in [2.05, 4.69) is 5.32 Å². The van der Waals surface area contributed by atoms with E-state index >= 15 is 0 Å². The second-order valence-corrected chi connectivity index (χ2v) is 6.07. The predicted molar refractivity (Wildman–Crippen MR) is 108 cm³/mol. The van der Waals surface area contributed by atoms with Crippen molar-refractivity contribution in [2.45, 2.75) is 26.9 Å². The minimum Gasteiger partial charge on any atom is -0.490 e. The summed E-state index contributed by atoms with van der Waals surface area (Å²) in [6.07, 6.45) is 1.36. The number of amides is 1. The van der Waals surface area contributed by atoms with E-state index in [1.807, 2.05) is 13.8 Å². The summed E-state index contributed by atoms with van der Waals surface area (Å²) < 4.78 is 43.2. The monoisotopic (exact) mass is 419 g/mol. The Morgan fingerprint density at radius 2 is 1.67 bits per heavy atom. The predicted octanol–water partition coefficient (Wildman–Crippen LogP) is 4.35. The van der Waals surface area contributed by atoms with Crippen molar-refractivity contribution in [3.63, 3.8) is 0 Å². The highest BCUT2D eigenvalue weighted by Crippen LogP contribution is 2.29. The van der Waals surface area contributed by atoms with Gasteiger partial charge in [-0.15, -0.1) is 0 Å². The maximum atomic E-state index is 13.6. The molecule has 0 aliphatic rings. The Morgan fingerprint density at radius 1 is 1.03 bits per heavy atom. The number of esters is 1. The average molecular weight is 419 g/mol. The third-order valence-corrected chi connectivity index (χ3v) is 3.85. The van der Waals surface area contributed by atoms with Crippen LogP contribution in [0.3, 0.4) is 0 Å². The molecule has 2 aromatic carbocycles. The maximum Gasteiger partial charge on any atom is 0.331 e. The lowest BCUT2D eigenvalue weighted by Crippen LogP contribution is -2.30. The summed E-state index contributed by atoms with van der Waals surface area (Å²) in [5, 5.41) is 2.08. The Hall–Kier alpha value is -3.42.